The molecule has 0 unspecified atom stereocenters. The first-order valence-corrected chi connectivity index (χ1v) is 18.8. The molecule has 0 fully saturated rings. The van der Waals surface area contributed by atoms with Crippen LogP contribution in [0.25, 0.3) is 22.5 Å². The van der Waals surface area contributed by atoms with Crippen LogP contribution in [0.2, 0.25) is 0 Å². The van der Waals surface area contributed by atoms with Gasteiger partial charge in [-0.15, -0.1) is 0 Å². The van der Waals surface area contributed by atoms with E-state index in [4.69, 9.17) is 10.5 Å². The summed E-state index contributed by atoms with van der Waals surface area (Å²) in [6, 6.07) is 36.0. The van der Waals surface area contributed by atoms with Gasteiger partial charge in [-0.2, -0.15) is 10.5 Å². The third-order valence-corrected chi connectivity index (χ3v) is 7.73. The van der Waals surface area contributed by atoms with Gasteiger partial charge in [-0.05, 0) is 97.1 Å². The second-order valence-corrected chi connectivity index (χ2v) is 12.3. The molecule has 0 spiro atoms. The molecular formula is C48H28F4IrN8O8-4. The molecular weight excluding hydrogens is 1080 g/mol. The minimum atomic E-state index is -1.24. The van der Waals surface area contributed by atoms with Crippen LogP contribution in [-0.4, -0.2) is 53.8 Å². The van der Waals surface area contributed by atoms with E-state index in [-0.39, 0.29) is 42.9 Å². The largest absolute Gasteiger partial charge is 0.543 e. The Balaban J connectivity index is 0.000000290. The molecule has 1 radical (unpaired) electrons. The summed E-state index contributed by atoms with van der Waals surface area (Å²) in [7, 11) is 0. The minimum Gasteiger partial charge on any atom is -0.543 e. The van der Waals surface area contributed by atoms with E-state index < -0.39 is 58.3 Å². The number of carboxylic acid groups (broad SMARTS) is 4. The van der Waals surface area contributed by atoms with Crippen molar-refractivity contribution in [2.75, 3.05) is 0 Å². The minimum absolute atomic E-state index is 0. The Morgan fingerprint density at radius 1 is 0.377 bits per heavy atom. The van der Waals surface area contributed by atoms with E-state index in [1.54, 1.807) is 84.9 Å². The van der Waals surface area contributed by atoms with Gasteiger partial charge < -0.3 is 39.6 Å². The topological polar surface area (TPSA) is 285 Å². The van der Waals surface area contributed by atoms with Gasteiger partial charge >= 0.3 is 0 Å². The van der Waals surface area contributed by atoms with Gasteiger partial charge in [-0.3, -0.25) is 29.9 Å². The van der Waals surface area contributed by atoms with Crippen molar-refractivity contribution in [2.24, 2.45) is 0 Å². The van der Waals surface area contributed by atoms with Crippen molar-refractivity contribution in [3.05, 3.63) is 228 Å². The van der Waals surface area contributed by atoms with Crippen molar-refractivity contribution < 1.29 is 77.3 Å². The second-order valence-electron chi connectivity index (χ2n) is 12.3. The summed E-state index contributed by atoms with van der Waals surface area (Å²) >= 11 is 0. The summed E-state index contributed by atoms with van der Waals surface area (Å²) in [6.45, 7) is 0. The molecule has 69 heavy (non-hydrogen) atoms. The number of carbonyl (C=O) groups is 4. The Kier molecular flexibility index (Phi) is 24.1. The van der Waals surface area contributed by atoms with Gasteiger partial charge in [0.05, 0.1) is 58.0 Å². The van der Waals surface area contributed by atoms with Gasteiger partial charge in [0.2, 0.25) is 0 Å². The van der Waals surface area contributed by atoms with Crippen LogP contribution in [0.4, 0.5) is 17.6 Å². The molecule has 6 aromatic heterocycles. The van der Waals surface area contributed by atoms with Crippen LogP contribution >= 0.6 is 0 Å². The summed E-state index contributed by atoms with van der Waals surface area (Å²) in [4.78, 5) is 62.1. The number of nitrogens with zero attached hydrogens (tertiary/aromatic N) is 8. The molecule has 8 rings (SSSR count). The number of aromatic carboxylic acids is 4. The third-order valence-electron chi connectivity index (χ3n) is 7.73. The summed E-state index contributed by atoms with van der Waals surface area (Å²) < 4.78 is 53.2. The van der Waals surface area contributed by atoms with Crippen LogP contribution in [0, 0.1) is 45.9 Å². The zero-order valence-corrected chi connectivity index (χ0v) is 37.2. The number of pyridine rings is 6. The first-order chi connectivity index (χ1) is 32.7. The molecule has 21 heteroatoms. The van der Waals surface area contributed by atoms with Crippen molar-refractivity contribution in [2.45, 2.75) is 0 Å². The summed E-state index contributed by atoms with van der Waals surface area (Å²) in [5, 5.41) is 57.1. The normalized spacial score (nSPS) is 9.19. The summed E-state index contributed by atoms with van der Waals surface area (Å²) in [6.07, 6.45) is 8.69. The van der Waals surface area contributed by atoms with Gasteiger partial charge in [-0.1, -0.05) is 36.4 Å². The standard InChI is InChI=1S/2C12H6F2N2.4C6H5NO2.Ir/c2*13-10-5-8(6-11(14)9(10)7-15)12-3-1-2-4-16-12;4*8-6(9)5-3-1-2-4-7-5;/h2*1-6H;4*1-4H,(H,8,9);/p-4. The molecule has 0 amide bonds. The average Bonchev–Trinajstić information content (AvgIpc) is 3.36. The van der Waals surface area contributed by atoms with Gasteiger partial charge in [0.25, 0.3) is 0 Å². The molecule has 6 heterocycles. The Morgan fingerprint density at radius 2 is 0.594 bits per heavy atom. The van der Waals surface area contributed by atoms with E-state index in [1.165, 1.54) is 73.6 Å². The fraction of sp³-hybridized carbons (Fsp3) is 0. The molecule has 16 nitrogen and oxygen atoms in total. The number of hydrogen-bond donors (Lipinski definition) is 0. The maximum absolute atomic E-state index is 13.3. The van der Waals surface area contributed by atoms with Gasteiger partial charge in [-0.25, -0.2) is 17.6 Å². The van der Waals surface area contributed by atoms with Crippen LogP contribution in [0.15, 0.2) is 171 Å². The van der Waals surface area contributed by atoms with Crippen LogP contribution in [0.3, 0.4) is 0 Å². The number of nitriles is 2. The molecule has 0 aliphatic heterocycles. The molecule has 0 aliphatic rings. The zero-order valence-electron chi connectivity index (χ0n) is 34.9. The first-order valence-electron chi connectivity index (χ1n) is 18.8. The molecule has 8 aromatic rings. The van der Waals surface area contributed by atoms with E-state index in [9.17, 15) is 57.2 Å². The average molecular weight is 1110 g/mol. The smallest absolute Gasteiger partial charge is 0.144 e. The summed E-state index contributed by atoms with van der Waals surface area (Å²) in [5.74, 6) is -8.45. The fourth-order valence-electron chi connectivity index (χ4n) is 4.66. The first kappa shape index (κ1) is 55.7. The predicted octanol–water partition coefficient (Wildman–Crippen LogP) is 3.57. The SMILES string of the molecule is N#Cc1c(F)cc(-c2ccccn2)cc1F.N#Cc1c(F)cc(-c2ccccn2)cc1F.O=C([O-])c1ccccn1.O=C([O-])c1ccccn1.O=C([O-])c1ccccn1.O=C([O-])c1ccccn1.[Ir]. The number of halogens is 4. The Morgan fingerprint density at radius 3 is 0.739 bits per heavy atom. The quantitative estimate of drug-likeness (QED) is 0.215. The maximum atomic E-state index is 13.3. The molecule has 349 valence electrons. The van der Waals surface area contributed by atoms with Crippen molar-refractivity contribution in [3.8, 4) is 34.7 Å². The number of carboxylic acids is 4. The van der Waals surface area contributed by atoms with Gasteiger partial charge in [0.15, 0.2) is 0 Å². The Labute approximate surface area is 402 Å². The number of hydrogen-bond acceptors (Lipinski definition) is 16. The zero-order chi connectivity index (χ0) is 49.8. The van der Waals surface area contributed by atoms with Crippen LogP contribution in [-0.2, 0) is 20.1 Å². The summed E-state index contributed by atoms with van der Waals surface area (Å²) in [5.41, 5.74) is 0.295. The Hall–Kier alpha value is -9.43. The van der Waals surface area contributed by atoms with Gasteiger partial charge in [0.1, 0.15) is 46.5 Å². The van der Waals surface area contributed by atoms with E-state index in [0.29, 0.717) is 22.5 Å². The molecule has 0 saturated carbocycles. The van der Waals surface area contributed by atoms with E-state index in [2.05, 4.69) is 29.9 Å². The molecule has 0 saturated heterocycles. The van der Waals surface area contributed by atoms with Crippen molar-refractivity contribution in [3.63, 3.8) is 0 Å². The number of aromatic nitrogens is 6. The van der Waals surface area contributed by atoms with Crippen molar-refractivity contribution in [1.29, 1.82) is 10.5 Å². The molecule has 0 aliphatic carbocycles. The number of rotatable bonds is 6. The number of carbonyl (C=O) groups excluding carboxylic acids is 4. The van der Waals surface area contributed by atoms with Crippen molar-refractivity contribution in [1.82, 2.24) is 29.9 Å². The molecule has 0 bridgehead atoms. The van der Waals surface area contributed by atoms with E-state index in [0.717, 1.165) is 24.3 Å². The molecule has 0 atom stereocenters. The monoisotopic (exact) mass is 1110 g/mol. The van der Waals surface area contributed by atoms with E-state index >= 15 is 0 Å². The second kappa shape index (κ2) is 29.9. The molecule has 0 N–H and O–H groups in total. The van der Waals surface area contributed by atoms with Crippen LogP contribution in [0.5, 0.6) is 0 Å². The maximum Gasteiger partial charge on any atom is 0.144 e. The predicted molar refractivity (Wildman–Crippen MR) is 223 cm³/mol. The molecule has 2 aromatic carbocycles. The Bertz CT molecular complexity index is 2630. The van der Waals surface area contributed by atoms with Crippen molar-refractivity contribution >= 4 is 23.9 Å². The van der Waals surface area contributed by atoms with Crippen LogP contribution in [0.1, 0.15) is 53.1 Å². The van der Waals surface area contributed by atoms with Crippen LogP contribution < -0.4 is 20.4 Å². The third kappa shape index (κ3) is 19.3. The number of benzene rings is 2. The fourth-order valence-corrected chi connectivity index (χ4v) is 4.66. The van der Waals surface area contributed by atoms with Gasteiger partial charge in [0, 0.05) is 68.4 Å². The van der Waals surface area contributed by atoms with E-state index in [1.807, 2.05) is 0 Å².